The maximum absolute atomic E-state index is 12.1. The van der Waals surface area contributed by atoms with Gasteiger partial charge in [-0.15, -0.1) is 5.10 Å². The first kappa shape index (κ1) is 12.1. The Balaban J connectivity index is 2.07. The zero-order valence-corrected chi connectivity index (χ0v) is 10.7. The summed E-state index contributed by atoms with van der Waals surface area (Å²) in [5.41, 5.74) is 0. The number of amides is 1. The van der Waals surface area contributed by atoms with Crippen molar-refractivity contribution >= 4 is 5.91 Å². The van der Waals surface area contributed by atoms with Gasteiger partial charge in [-0.25, -0.2) is 4.98 Å². The largest absolute Gasteiger partial charge is 0.336 e. The van der Waals surface area contributed by atoms with Gasteiger partial charge >= 0.3 is 0 Å². The lowest BCUT2D eigenvalue weighted by Gasteiger charge is -2.22. The molecule has 1 amide bonds. The summed E-state index contributed by atoms with van der Waals surface area (Å²) in [7, 11) is 1.85. The van der Waals surface area contributed by atoms with Gasteiger partial charge in [-0.05, 0) is 12.8 Å². The molecule has 0 spiro atoms. The van der Waals surface area contributed by atoms with Crippen LogP contribution in [-0.4, -0.2) is 39.1 Å². The molecule has 5 nitrogen and oxygen atoms in total. The molecule has 1 heterocycles. The van der Waals surface area contributed by atoms with Crippen LogP contribution in [0.15, 0.2) is 0 Å². The zero-order valence-electron chi connectivity index (χ0n) is 10.7. The SMILES string of the molecule is CC(C)c1nc(C(=O)N(C)C2CCCC2)n[nH]1. The number of nitrogens with zero attached hydrogens (tertiary/aromatic N) is 3. The summed E-state index contributed by atoms with van der Waals surface area (Å²) in [5.74, 6) is 1.26. The minimum atomic E-state index is -0.0694. The number of hydrogen-bond acceptors (Lipinski definition) is 3. The van der Waals surface area contributed by atoms with Crippen LogP contribution in [0.3, 0.4) is 0 Å². The molecule has 94 valence electrons. The van der Waals surface area contributed by atoms with Gasteiger partial charge in [-0.3, -0.25) is 9.89 Å². The Hall–Kier alpha value is -1.39. The molecule has 1 aliphatic carbocycles. The van der Waals surface area contributed by atoms with Crippen LogP contribution >= 0.6 is 0 Å². The molecular weight excluding hydrogens is 216 g/mol. The number of carbonyl (C=O) groups is 1. The molecule has 0 saturated heterocycles. The number of nitrogens with one attached hydrogen (secondary N) is 1. The Bertz CT molecular complexity index is 393. The third-order valence-electron chi connectivity index (χ3n) is 3.43. The molecule has 0 atom stereocenters. The van der Waals surface area contributed by atoms with E-state index in [0.29, 0.717) is 11.9 Å². The topological polar surface area (TPSA) is 61.9 Å². The fourth-order valence-corrected chi connectivity index (χ4v) is 2.24. The van der Waals surface area contributed by atoms with E-state index in [9.17, 15) is 4.79 Å². The second-order valence-electron chi connectivity index (χ2n) is 5.05. The van der Waals surface area contributed by atoms with Crippen molar-refractivity contribution < 1.29 is 4.79 Å². The molecule has 0 aromatic carbocycles. The van der Waals surface area contributed by atoms with Crippen LogP contribution in [0.5, 0.6) is 0 Å². The van der Waals surface area contributed by atoms with Gasteiger partial charge < -0.3 is 4.90 Å². The van der Waals surface area contributed by atoms with E-state index in [-0.39, 0.29) is 11.8 Å². The minimum Gasteiger partial charge on any atom is -0.336 e. The van der Waals surface area contributed by atoms with E-state index in [2.05, 4.69) is 15.2 Å². The molecule has 0 unspecified atom stereocenters. The van der Waals surface area contributed by atoms with Gasteiger partial charge in [0.25, 0.3) is 5.91 Å². The van der Waals surface area contributed by atoms with Crippen molar-refractivity contribution in [2.75, 3.05) is 7.05 Å². The Morgan fingerprint density at radius 1 is 1.41 bits per heavy atom. The molecule has 0 bridgehead atoms. The van der Waals surface area contributed by atoms with Crippen molar-refractivity contribution in [1.82, 2.24) is 20.1 Å². The summed E-state index contributed by atoms with van der Waals surface area (Å²) in [4.78, 5) is 18.2. The molecule has 1 N–H and O–H groups in total. The van der Waals surface area contributed by atoms with E-state index in [1.54, 1.807) is 4.90 Å². The van der Waals surface area contributed by atoms with E-state index in [4.69, 9.17) is 0 Å². The van der Waals surface area contributed by atoms with E-state index in [1.807, 2.05) is 20.9 Å². The van der Waals surface area contributed by atoms with Crippen LogP contribution in [0.1, 0.15) is 61.9 Å². The van der Waals surface area contributed by atoms with Crippen LogP contribution in [0.4, 0.5) is 0 Å². The molecule has 1 aromatic heterocycles. The lowest BCUT2D eigenvalue weighted by Crippen LogP contribution is -2.35. The molecule has 1 aliphatic rings. The van der Waals surface area contributed by atoms with Gasteiger partial charge in [-0.2, -0.15) is 0 Å². The third kappa shape index (κ3) is 2.48. The van der Waals surface area contributed by atoms with Crippen LogP contribution in [0, 0.1) is 0 Å². The lowest BCUT2D eigenvalue weighted by atomic mass is 10.2. The average Bonchev–Trinajstić information content (AvgIpc) is 2.97. The average molecular weight is 236 g/mol. The van der Waals surface area contributed by atoms with Gasteiger partial charge in [-0.1, -0.05) is 26.7 Å². The molecule has 0 aliphatic heterocycles. The standard InChI is InChI=1S/C12H20N4O/c1-8(2)10-13-11(15-14-10)12(17)16(3)9-6-4-5-7-9/h8-9H,4-7H2,1-3H3,(H,13,14,15). The number of H-pyrrole nitrogens is 1. The molecule has 0 radical (unpaired) electrons. The van der Waals surface area contributed by atoms with Crippen LogP contribution in [0.25, 0.3) is 0 Å². The summed E-state index contributed by atoms with van der Waals surface area (Å²) in [6.45, 7) is 4.05. The number of aromatic nitrogens is 3. The summed E-state index contributed by atoms with van der Waals surface area (Å²) < 4.78 is 0. The van der Waals surface area contributed by atoms with Gasteiger partial charge in [0.05, 0.1) is 0 Å². The fraction of sp³-hybridized carbons (Fsp3) is 0.750. The van der Waals surface area contributed by atoms with Gasteiger partial charge in [0.1, 0.15) is 5.82 Å². The van der Waals surface area contributed by atoms with Crippen molar-refractivity contribution in [1.29, 1.82) is 0 Å². The second kappa shape index (κ2) is 4.85. The first-order valence-corrected chi connectivity index (χ1v) is 6.29. The number of rotatable bonds is 3. The highest BCUT2D eigenvalue weighted by molar-refractivity contribution is 5.90. The van der Waals surface area contributed by atoms with Crippen LogP contribution in [0.2, 0.25) is 0 Å². The van der Waals surface area contributed by atoms with E-state index in [0.717, 1.165) is 18.7 Å². The normalized spacial score (nSPS) is 16.7. The van der Waals surface area contributed by atoms with Crippen molar-refractivity contribution in [3.8, 4) is 0 Å². The number of carbonyl (C=O) groups excluding carboxylic acids is 1. The smallest absolute Gasteiger partial charge is 0.293 e. The lowest BCUT2D eigenvalue weighted by molar-refractivity contribution is 0.0723. The summed E-state index contributed by atoms with van der Waals surface area (Å²) in [6, 6.07) is 0.364. The number of aromatic amines is 1. The molecule has 17 heavy (non-hydrogen) atoms. The maximum atomic E-state index is 12.1. The maximum Gasteiger partial charge on any atom is 0.293 e. The van der Waals surface area contributed by atoms with E-state index in [1.165, 1.54) is 12.8 Å². The first-order chi connectivity index (χ1) is 8.09. The highest BCUT2D eigenvalue weighted by Crippen LogP contribution is 2.23. The summed E-state index contributed by atoms with van der Waals surface area (Å²) >= 11 is 0. The Kier molecular flexibility index (Phi) is 3.45. The summed E-state index contributed by atoms with van der Waals surface area (Å²) in [6.07, 6.45) is 4.63. The molecule has 5 heteroatoms. The highest BCUT2D eigenvalue weighted by atomic mass is 16.2. The first-order valence-electron chi connectivity index (χ1n) is 6.29. The third-order valence-corrected chi connectivity index (χ3v) is 3.43. The van der Waals surface area contributed by atoms with Crippen molar-refractivity contribution in [2.45, 2.75) is 51.5 Å². The Morgan fingerprint density at radius 2 is 2.06 bits per heavy atom. The van der Waals surface area contributed by atoms with Crippen molar-refractivity contribution in [2.24, 2.45) is 0 Å². The van der Waals surface area contributed by atoms with Crippen molar-refractivity contribution in [3.63, 3.8) is 0 Å². The molecular formula is C12H20N4O. The van der Waals surface area contributed by atoms with Crippen LogP contribution < -0.4 is 0 Å². The van der Waals surface area contributed by atoms with Gasteiger partial charge in [0, 0.05) is 19.0 Å². The second-order valence-corrected chi connectivity index (χ2v) is 5.05. The van der Waals surface area contributed by atoms with E-state index >= 15 is 0 Å². The highest BCUT2D eigenvalue weighted by Gasteiger charge is 2.26. The minimum absolute atomic E-state index is 0.0694. The zero-order chi connectivity index (χ0) is 12.4. The molecule has 2 rings (SSSR count). The molecule has 1 aromatic rings. The van der Waals surface area contributed by atoms with Gasteiger partial charge in [0.15, 0.2) is 0 Å². The fourth-order valence-electron chi connectivity index (χ4n) is 2.24. The predicted molar refractivity (Wildman–Crippen MR) is 64.8 cm³/mol. The Labute approximate surface area is 102 Å². The summed E-state index contributed by atoms with van der Waals surface area (Å²) in [5, 5.41) is 6.83. The van der Waals surface area contributed by atoms with Crippen molar-refractivity contribution in [3.05, 3.63) is 11.6 Å². The Morgan fingerprint density at radius 3 is 2.59 bits per heavy atom. The quantitative estimate of drug-likeness (QED) is 0.872. The molecule has 1 fully saturated rings. The number of hydrogen-bond donors (Lipinski definition) is 1. The monoisotopic (exact) mass is 236 g/mol. The van der Waals surface area contributed by atoms with Gasteiger partial charge in [0.2, 0.25) is 5.82 Å². The molecule has 1 saturated carbocycles. The van der Waals surface area contributed by atoms with E-state index < -0.39 is 0 Å². The van der Waals surface area contributed by atoms with Crippen LogP contribution in [-0.2, 0) is 0 Å². The predicted octanol–water partition coefficient (Wildman–Crippen LogP) is 1.94.